The van der Waals surface area contributed by atoms with Gasteiger partial charge in [-0.2, -0.15) is 0 Å². The maximum Gasteiger partial charge on any atom is 0.0893 e. The second kappa shape index (κ2) is 5.18. The first-order valence-corrected chi connectivity index (χ1v) is 5.46. The van der Waals surface area contributed by atoms with E-state index in [2.05, 4.69) is 4.98 Å². The van der Waals surface area contributed by atoms with E-state index in [0.29, 0.717) is 24.6 Å². The van der Waals surface area contributed by atoms with Crippen molar-refractivity contribution in [1.29, 1.82) is 5.41 Å². The van der Waals surface area contributed by atoms with E-state index in [9.17, 15) is 0 Å². The highest BCUT2D eigenvalue weighted by Gasteiger charge is 2.16. The molecule has 0 bridgehead atoms. The van der Waals surface area contributed by atoms with Crippen molar-refractivity contribution in [2.24, 2.45) is 0 Å². The van der Waals surface area contributed by atoms with Crippen LogP contribution in [0.3, 0.4) is 0 Å². The number of nitrogens with zero attached hydrogens (tertiary/aromatic N) is 1. The summed E-state index contributed by atoms with van der Waals surface area (Å²) in [6.45, 7) is 3.70. The average molecular weight is 220 g/mol. The predicted octanol–water partition coefficient (Wildman–Crippen LogP) is 1.77. The lowest BCUT2D eigenvalue weighted by Gasteiger charge is -2.09. The zero-order valence-corrected chi connectivity index (χ0v) is 9.40. The lowest BCUT2D eigenvalue weighted by Crippen LogP contribution is -2.13. The number of hydrogen-bond donors (Lipinski definition) is 1. The number of nitrogens with one attached hydrogen (secondary N) is 1. The topological polar surface area (TPSA) is 55.2 Å². The highest BCUT2D eigenvalue weighted by atomic mass is 16.5. The summed E-state index contributed by atoms with van der Waals surface area (Å²) in [4.78, 5) is 4.34. The van der Waals surface area contributed by atoms with Crippen LogP contribution in [0.2, 0.25) is 0 Å². The van der Waals surface area contributed by atoms with E-state index in [4.69, 9.17) is 14.9 Å². The number of hydrogen-bond acceptors (Lipinski definition) is 4. The molecule has 0 aliphatic carbocycles. The standard InChI is InChI=1S/C12H16N2O2/c1-9(13)12-4-2-3-10(14-12)7-16-11-5-6-15-8-11/h2-4,11,13H,5-8H2,1H3/t11-/m0/s1. The van der Waals surface area contributed by atoms with Crippen molar-refractivity contribution in [2.75, 3.05) is 13.2 Å². The van der Waals surface area contributed by atoms with Gasteiger partial charge in [0, 0.05) is 6.61 Å². The summed E-state index contributed by atoms with van der Waals surface area (Å²) >= 11 is 0. The van der Waals surface area contributed by atoms with Crippen LogP contribution in [0.5, 0.6) is 0 Å². The molecule has 1 atom stereocenters. The largest absolute Gasteiger partial charge is 0.379 e. The Labute approximate surface area is 95.1 Å². The zero-order chi connectivity index (χ0) is 11.4. The van der Waals surface area contributed by atoms with E-state index < -0.39 is 0 Å². The monoisotopic (exact) mass is 220 g/mol. The molecule has 1 saturated heterocycles. The first kappa shape index (κ1) is 11.2. The predicted molar refractivity (Wildman–Crippen MR) is 60.8 cm³/mol. The number of rotatable bonds is 4. The van der Waals surface area contributed by atoms with E-state index in [-0.39, 0.29) is 6.10 Å². The fraction of sp³-hybridized carbons (Fsp3) is 0.500. The van der Waals surface area contributed by atoms with Gasteiger partial charge < -0.3 is 14.9 Å². The van der Waals surface area contributed by atoms with E-state index >= 15 is 0 Å². The lowest BCUT2D eigenvalue weighted by atomic mass is 10.2. The van der Waals surface area contributed by atoms with Gasteiger partial charge in [-0.25, -0.2) is 4.98 Å². The quantitative estimate of drug-likeness (QED) is 0.787. The molecule has 1 aliphatic heterocycles. The highest BCUT2D eigenvalue weighted by Crippen LogP contribution is 2.11. The van der Waals surface area contributed by atoms with Crippen molar-refractivity contribution >= 4 is 5.71 Å². The molecule has 16 heavy (non-hydrogen) atoms. The number of aromatic nitrogens is 1. The molecular formula is C12H16N2O2. The number of ether oxygens (including phenoxy) is 2. The molecule has 1 aromatic rings. The van der Waals surface area contributed by atoms with Crippen molar-refractivity contribution in [1.82, 2.24) is 4.98 Å². The van der Waals surface area contributed by atoms with Crippen molar-refractivity contribution in [2.45, 2.75) is 26.1 Å². The summed E-state index contributed by atoms with van der Waals surface area (Å²) in [6.07, 6.45) is 1.16. The van der Waals surface area contributed by atoms with Crippen molar-refractivity contribution in [3.8, 4) is 0 Å². The Morgan fingerprint density at radius 3 is 3.19 bits per heavy atom. The Morgan fingerprint density at radius 1 is 1.62 bits per heavy atom. The van der Waals surface area contributed by atoms with Crippen LogP contribution in [-0.2, 0) is 16.1 Å². The Hall–Kier alpha value is -1.26. The van der Waals surface area contributed by atoms with Gasteiger partial charge in [0.1, 0.15) is 0 Å². The molecule has 1 aromatic heterocycles. The summed E-state index contributed by atoms with van der Waals surface area (Å²) in [5.74, 6) is 0. The van der Waals surface area contributed by atoms with Crippen LogP contribution in [-0.4, -0.2) is 30.0 Å². The van der Waals surface area contributed by atoms with Gasteiger partial charge in [-0.15, -0.1) is 0 Å². The van der Waals surface area contributed by atoms with Gasteiger partial charge in [0.25, 0.3) is 0 Å². The average Bonchev–Trinajstić information content (AvgIpc) is 2.79. The minimum atomic E-state index is 0.200. The molecule has 1 aliphatic rings. The Bertz CT molecular complexity index is 373. The van der Waals surface area contributed by atoms with E-state index in [0.717, 1.165) is 18.7 Å². The first-order chi connectivity index (χ1) is 7.75. The molecule has 0 amide bonds. The molecule has 1 N–H and O–H groups in total. The van der Waals surface area contributed by atoms with Gasteiger partial charge in [-0.1, -0.05) is 6.07 Å². The number of pyridine rings is 1. The molecule has 0 saturated carbocycles. The lowest BCUT2D eigenvalue weighted by molar-refractivity contribution is 0.0301. The van der Waals surface area contributed by atoms with Gasteiger partial charge in [0.2, 0.25) is 0 Å². The summed E-state index contributed by atoms with van der Waals surface area (Å²) in [5, 5.41) is 7.51. The summed E-state index contributed by atoms with van der Waals surface area (Å²) in [7, 11) is 0. The fourth-order valence-corrected chi connectivity index (χ4v) is 1.62. The van der Waals surface area contributed by atoms with Crippen LogP contribution in [0.15, 0.2) is 18.2 Å². The van der Waals surface area contributed by atoms with Crippen LogP contribution >= 0.6 is 0 Å². The third-order valence-corrected chi connectivity index (χ3v) is 2.55. The van der Waals surface area contributed by atoms with Crippen LogP contribution < -0.4 is 0 Å². The van der Waals surface area contributed by atoms with Crippen LogP contribution in [0.25, 0.3) is 0 Å². The molecule has 0 radical (unpaired) electrons. The molecule has 4 nitrogen and oxygen atoms in total. The molecule has 0 unspecified atom stereocenters. The molecule has 4 heteroatoms. The zero-order valence-electron chi connectivity index (χ0n) is 9.40. The van der Waals surface area contributed by atoms with Gasteiger partial charge in [-0.3, -0.25) is 0 Å². The van der Waals surface area contributed by atoms with Gasteiger partial charge in [0.15, 0.2) is 0 Å². The molecule has 2 heterocycles. The van der Waals surface area contributed by atoms with Crippen molar-refractivity contribution in [3.05, 3.63) is 29.6 Å². The van der Waals surface area contributed by atoms with Crippen LogP contribution in [0.4, 0.5) is 0 Å². The van der Waals surface area contributed by atoms with Gasteiger partial charge >= 0.3 is 0 Å². The van der Waals surface area contributed by atoms with Gasteiger partial charge in [0.05, 0.1) is 36.4 Å². The van der Waals surface area contributed by atoms with Crippen LogP contribution in [0.1, 0.15) is 24.7 Å². The second-order valence-corrected chi connectivity index (χ2v) is 3.94. The smallest absolute Gasteiger partial charge is 0.0893 e. The van der Waals surface area contributed by atoms with E-state index in [1.54, 1.807) is 6.92 Å². The maximum atomic E-state index is 7.51. The second-order valence-electron chi connectivity index (χ2n) is 3.94. The van der Waals surface area contributed by atoms with Crippen LogP contribution in [0, 0.1) is 5.41 Å². The van der Waals surface area contributed by atoms with Crippen molar-refractivity contribution in [3.63, 3.8) is 0 Å². The van der Waals surface area contributed by atoms with Gasteiger partial charge in [-0.05, 0) is 25.5 Å². The Morgan fingerprint density at radius 2 is 2.50 bits per heavy atom. The minimum Gasteiger partial charge on any atom is -0.379 e. The third kappa shape index (κ3) is 2.87. The Kier molecular flexibility index (Phi) is 3.64. The van der Waals surface area contributed by atoms with E-state index in [1.165, 1.54) is 0 Å². The molecule has 0 spiro atoms. The highest BCUT2D eigenvalue weighted by molar-refractivity contribution is 5.94. The molecule has 86 valence electrons. The SMILES string of the molecule is CC(=N)c1cccc(CO[C@H]2CCOC2)n1. The normalized spacial score (nSPS) is 19.9. The molecule has 2 rings (SSSR count). The fourth-order valence-electron chi connectivity index (χ4n) is 1.62. The molecular weight excluding hydrogens is 204 g/mol. The maximum absolute atomic E-state index is 7.51. The van der Waals surface area contributed by atoms with E-state index in [1.807, 2.05) is 18.2 Å². The first-order valence-electron chi connectivity index (χ1n) is 5.46. The summed E-state index contributed by atoms with van der Waals surface area (Å²) in [5.41, 5.74) is 2.06. The third-order valence-electron chi connectivity index (χ3n) is 2.55. The van der Waals surface area contributed by atoms with Crippen molar-refractivity contribution < 1.29 is 9.47 Å². The summed E-state index contributed by atoms with van der Waals surface area (Å²) in [6, 6.07) is 5.66. The molecule has 1 fully saturated rings. The summed E-state index contributed by atoms with van der Waals surface area (Å²) < 4.78 is 10.9. The Balaban J connectivity index is 1.93. The minimum absolute atomic E-state index is 0.200. The molecule has 0 aromatic carbocycles.